The molecule has 0 fully saturated rings. The third-order valence-electron chi connectivity index (χ3n) is 3.98. The molecule has 2 N–H and O–H groups in total. The van der Waals surface area contributed by atoms with Crippen LogP contribution in [0.4, 0.5) is 5.69 Å². The Morgan fingerprint density at radius 3 is 2.25 bits per heavy atom. The van der Waals surface area contributed by atoms with Crippen LogP contribution in [0.2, 0.25) is 0 Å². The van der Waals surface area contributed by atoms with E-state index in [2.05, 4.69) is 31.4 Å². The lowest BCUT2D eigenvalue weighted by molar-refractivity contribution is -0.116. The zero-order chi connectivity index (χ0) is 17.9. The van der Waals surface area contributed by atoms with Crippen LogP contribution < -0.4 is 10.6 Å². The molecule has 4 nitrogen and oxygen atoms in total. The van der Waals surface area contributed by atoms with E-state index in [0.29, 0.717) is 17.9 Å². The number of amides is 2. The minimum absolute atomic E-state index is 0.0211. The molecule has 2 amide bonds. The van der Waals surface area contributed by atoms with Gasteiger partial charge in [0.05, 0.1) is 0 Å². The third-order valence-corrected chi connectivity index (χ3v) is 3.98. The van der Waals surface area contributed by atoms with Gasteiger partial charge >= 0.3 is 0 Å². The van der Waals surface area contributed by atoms with Gasteiger partial charge in [-0.3, -0.25) is 9.59 Å². The van der Waals surface area contributed by atoms with Gasteiger partial charge in [-0.15, -0.1) is 0 Å². The standard InChI is InChI=1S/C20H32N2O2/c1-5-6-10-19(23)22-18-13-11-17(12-14-18)20(24)21-16(4)9-7-8-15(2)3/h11-16H,5-10H2,1-4H3,(H,21,24)(H,22,23). The third kappa shape index (κ3) is 8.14. The Kier molecular flexibility index (Phi) is 9.13. The van der Waals surface area contributed by atoms with Crippen molar-refractivity contribution in [3.8, 4) is 0 Å². The molecule has 4 heteroatoms. The van der Waals surface area contributed by atoms with Crippen molar-refractivity contribution in [2.24, 2.45) is 5.92 Å². The first-order valence-electron chi connectivity index (χ1n) is 9.13. The number of anilines is 1. The molecule has 0 heterocycles. The van der Waals surface area contributed by atoms with E-state index >= 15 is 0 Å². The van der Waals surface area contributed by atoms with Crippen LogP contribution in [0.15, 0.2) is 24.3 Å². The van der Waals surface area contributed by atoms with Gasteiger partial charge in [0.25, 0.3) is 5.91 Å². The maximum absolute atomic E-state index is 12.2. The lowest BCUT2D eigenvalue weighted by atomic mass is 10.0. The maximum atomic E-state index is 12.2. The molecule has 1 rings (SSSR count). The van der Waals surface area contributed by atoms with E-state index in [9.17, 15) is 9.59 Å². The second-order valence-corrected chi connectivity index (χ2v) is 6.93. The molecule has 0 saturated carbocycles. The molecule has 0 aromatic heterocycles. The molecule has 0 saturated heterocycles. The monoisotopic (exact) mass is 332 g/mol. The Labute approximate surface area is 146 Å². The molecule has 1 atom stereocenters. The lowest BCUT2D eigenvalue weighted by Gasteiger charge is -2.15. The minimum atomic E-state index is -0.0593. The Morgan fingerprint density at radius 2 is 1.67 bits per heavy atom. The van der Waals surface area contributed by atoms with Crippen LogP contribution in [0.1, 0.15) is 76.6 Å². The molecule has 24 heavy (non-hydrogen) atoms. The molecule has 0 aliphatic rings. The predicted octanol–water partition coefficient (Wildman–Crippen LogP) is 4.76. The van der Waals surface area contributed by atoms with Crippen LogP contribution in [-0.4, -0.2) is 17.9 Å². The highest BCUT2D eigenvalue weighted by atomic mass is 16.2. The zero-order valence-corrected chi connectivity index (χ0v) is 15.5. The molecule has 1 unspecified atom stereocenters. The van der Waals surface area contributed by atoms with E-state index in [0.717, 1.165) is 31.4 Å². The van der Waals surface area contributed by atoms with E-state index in [1.54, 1.807) is 24.3 Å². The number of hydrogen-bond donors (Lipinski definition) is 2. The van der Waals surface area contributed by atoms with Gasteiger partial charge in [-0.1, -0.05) is 40.0 Å². The Morgan fingerprint density at radius 1 is 1.00 bits per heavy atom. The first-order chi connectivity index (χ1) is 11.4. The fraction of sp³-hybridized carbons (Fsp3) is 0.600. The zero-order valence-electron chi connectivity index (χ0n) is 15.5. The van der Waals surface area contributed by atoms with Crippen LogP contribution in [0.3, 0.4) is 0 Å². The first-order valence-corrected chi connectivity index (χ1v) is 9.13. The average molecular weight is 332 g/mol. The van der Waals surface area contributed by atoms with E-state index in [4.69, 9.17) is 0 Å². The topological polar surface area (TPSA) is 58.2 Å². The fourth-order valence-corrected chi connectivity index (χ4v) is 2.48. The normalized spacial score (nSPS) is 12.0. The van der Waals surface area contributed by atoms with Crippen LogP contribution in [0.5, 0.6) is 0 Å². The number of rotatable bonds is 10. The van der Waals surface area contributed by atoms with Crippen molar-refractivity contribution in [2.75, 3.05) is 5.32 Å². The summed E-state index contributed by atoms with van der Waals surface area (Å²) in [4.78, 5) is 23.9. The Balaban J connectivity index is 2.44. The van der Waals surface area contributed by atoms with Gasteiger partial charge in [-0.25, -0.2) is 0 Å². The largest absolute Gasteiger partial charge is 0.350 e. The van der Waals surface area contributed by atoms with Gasteiger partial charge in [0.1, 0.15) is 0 Å². The van der Waals surface area contributed by atoms with Gasteiger partial charge in [0, 0.05) is 23.7 Å². The summed E-state index contributed by atoms with van der Waals surface area (Å²) in [6, 6.07) is 7.24. The molecule has 0 spiro atoms. The summed E-state index contributed by atoms with van der Waals surface area (Å²) >= 11 is 0. The maximum Gasteiger partial charge on any atom is 0.251 e. The van der Waals surface area contributed by atoms with Crippen LogP contribution in [0.25, 0.3) is 0 Å². The van der Waals surface area contributed by atoms with E-state index in [-0.39, 0.29) is 17.9 Å². The minimum Gasteiger partial charge on any atom is -0.350 e. The summed E-state index contributed by atoms with van der Waals surface area (Å²) in [5, 5.41) is 5.88. The quantitative estimate of drug-likeness (QED) is 0.649. The van der Waals surface area contributed by atoms with Crippen molar-refractivity contribution in [3.05, 3.63) is 29.8 Å². The summed E-state index contributed by atoms with van der Waals surface area (Å²) in [5.74, 6) is 0.664. The molecule has 0 aliphatic heterocycles. The SMILES string of the molecule is CCCCC(=O)Nc1ccc(C(=O)NC(C)CCCC(C)C)cc1. The van der Waals surface area contributed by atoms with Crippen molar-refractivity contribution < 1.29 is 9.59 Å². The summed E-state index contributed by atoms with van der Waals surface area (Å²) < 4.78 is 0. The Hall–Kier alpha value is -1.84. The average Bonchev–Trinajstić information content (AvgIpc) is 2.53. The second-order valence-electron chi connectivity index (χ2n) is 6.93. The number of benzene rings is 1. The van der Waals surface area contributed by atoms with Crippen molar-refractivity contribution in [1.29, 1.82) is 0 Å². The van der Waals surface area contributed by atoms with Crippen LogP contribution in [0, 0.1) is 5.92 Å². The fourth-order valence-electron chi connectivity index (χ4n) is 2.48. The second kappa shape index (κ2) is 10.8. The summed E-state index contributed by atoms with van der Waals surface area (Å²) in [6.07, 6.45) is 5.74. The van der Waals surface area contributed by atoms with Crippen molar-refractivity contribution >= 4 is 17.5 Å². The molecular weight excluding hydrogens is 300 g/mol. The van der Waals surface area contributed by atoms with Crippen LogP contribution >= 0.6 is 0 Å². The summed E-state index contributed by atoms with van der Waals surface area (Å²) in [6.45, 7) is 8.53. The smallest absolute Gasteiger partial charge is 0.251 e. The Bertz CT molecular complexity index is 509. The van der Waals surface area contributed by atoms with Crippen molar-refractivity contribution in [3.63, 3.8) is 0 Å². The molecule has 134 valence electrons. The highest BCUT2D eigenvalue weighted by Gasteiger charge is 2.10. The van der Waals surface area contributed by atoms with Gasteiger partial charge in [0.15, 0.2) is 0 Å². The summed E-state index contributed by atoms with van der Waals surface area (Å²) in [7, 11) is 0. The first kappa shape index (κ1) is 20.2. The van der Waals surface area contributed by atoms with Crippen LogP contribution in [-0.2, 0) is 4.79 Å². The molecular formula is C20H32N2O2. The highest BCUT2D eigenvalue weighted by Crippen LogP contribution is 2.12. The van der Waals surface area contributed by atoms with Gasteiger partial charge in [-0.2, -0.15) is 0 Å². The number of carbonyl (C=O) groups is 2. The van der Waals surface area contributed by atoms with E-state index < -0.39 is 0 Å². The molecule has 0 radical (unpaired) electrons. The van der Waals surface area contributed by atoms with E-state index in [1.807, 2.05) is 6.92 Å². The number of unbranched alkanes of at least 4 members (excludes halogenated alkanes) is 1. The van der Waals surface area contributed by atoms with Crippen molar-refractivity contribution in [2.45, 2.75) is 72.3 Å². The molecule has 0 aliphatic carbocycles. The predicted molar refractivity (Wildman–Crippen MR) is 100 cm³/mol. The molecule has 1 aromatic rings. The lowest BCUT2D eigenvalue weighted by Crippen LogP contribution is -2.32. The van der Waals surface area contributed by atoms with Crippen molar-refractivity contribution in [1.82, 2.24) is 5.32 Å². The number of hydrogen-bond acceptors (Lipinski definition) is 2. The number of nitrogens with one attached hydrogen (secondary N) is 2. The van der Waals surface area contributed by atoms with E-state index in [1.165, 1.54) is 6.42 Å². The summed E-state index contributed by atoms with van der Waals surface area (Å²) in [5.41, 5.74) is 1.36. The molecule has 0 bridgehead atoms. The number of carbonyl (C=O) groups excluding carboxylic acids is 2. The van der Waals surface area contributed by atoms with Gasteiger partial charge < -0.3 is 10.6 Å². The molecule has 1 aromatic carbocycles. The van der Waals surface area contributed by atoms with Gasteiger partial charge in [0.2, 0.25) is 5.91 Å². The highest BCUT2D eigenvalue weighted by molar-refractivity contribution is 5.95. The van der Waals surface area contributed by atoms with Gasteiger partial charge in [-0.05, 0) is 49.9 Å².